The third-order valence-electron chi connectivity index (χ3n) is 5.46. The first-order valence-electron chi connectivity index (χ1n) is 11.6. The molecule has 2 aromatic carbocycles. The fourth-order valence-corrected chi connectivity index (χ4v) is 4.96. The molecular weight excluding hydrogens is 577 g/mol. The Hall–Kier alpha value is -0.997. The monoisotopic (exact) mass is 610 g/mol. The minimum absolute atomic E-state index is 0. The maximum absolute atomic E-state index is 13.0. The second kappa shape index (κ2) is 16.9. The van der Waals surface area contributed by atoms with Gasteiger partial charge in [0, 0.05) is 82.9 Å². The van der Waals surface area contributed by atoms with E-state index >= 15 is 0 Å². The Labute approximate surface area is 233 Å². The molecule has 0 unspecified atom stereocenters. The predicted molar refractivity (Wildman–Crippen MR) is 129 cm³/mol. The summed E-state index contributed by atoms with van der Waals surface area (Å²) in [7, 11) is -4.76. The number of sulfonamides is 1. The maximum atomic E-state index is 13.0. The van der Waals surface area contributed by atoms with E-state index in [1.165, 1.54) is 0 Å². The van der Waals surface area contributed by atoms with Crippen LogP contribution in [-0.4, -0.2) is 92.9 Å². The zero-order valence-corrected chi connectivity index (χ0v) is 25.9. The van der Waals surface area contributed by atoms with Gasteiger partial charge in [-0.05, 0) is 18.7 Å². The molecule has 12 nitrogen and oxygen atoms in total. The van der Waals surface area contributed by atoms with Crippen LogP contribution >= 0.6 is 0 Å². The van der Waals surface area contributed by atoms with E-state index in [2.05, 4.69) is 25.6 Å². The molecule has 1 saturated heterocycles. The van der Waals surface area contributed by atoms with E-state index in [9.17, 15) is 8.42 Å². The number of hydrogen-bond acceptors (Lipinski definition) is 11. The molecule has 0 radical (unpaired) electrons. The van der Waals surface area contributed by atoms with E-state index in [0.29, 0.717) is 11.9 Å². The first-order chi connectivity index (χ1) is 17.0. The molecule has 1 fully saturated rings. The number of halogens is 1. The van der Waals surface area contributed by atoms with E-state index < -0.39 is 20.3 Å². The summed E-state index contributed by atoms with van der Waals surface area (Å²) in [4.78, 5) is 4.53. The maximum Gasteiger partial charge on any atom is 2.00 e. The fourth-order valence-electron chi connectivity index (χ4n) is 3.79. The van der Waals surface area contributed by atoms with Crippen LogP contribution in [-0.2, 0) is 29.5 Å². The average molecular weight is 612 g/mol. The minimum atomic E-state index is -4.94. The summed E-state index contributed by atoms with van der Waals surface area (Å²) < 4.78 is 64.2. The van der Waals surface area contributed by atoms with Gasteiger partial charge >= 0.3 is 19.5 Å². The van der Waals surface area contributed by atoms with Gasteiger partial charge < -0.3 is 30.5 Å². The Kier molecular flexibility index (Phi) is 15.5. The summed E-state index contributed by atoms with van der Waals surface area (Å²) in [5.41, 5.74) is 0.990. The van der Waals surface area contributed by atoms with Crippen LogP contribution in [0, 0.1) is 10.2 Å². The van der Waals surface area contributed by atoms with Crippen molar-refractivity contribution in [1.82, 2.24) is 20.9 Å². The largest absolute Gasteiger partial charge is 2.00 e. The third kappa shape index (κ3) is 13.1. The van der Waals surface area contributed by atoms with Gasteiger partial charge in [0.25, 0.3) is 0 Å². The normalized spacial score (nSPS) is 16.5. The number of rotatable bonds is 6. The van der Waals surface area contributed by atoms with Crippen molar-refractivity contribution < 1.29 is 56.8 Å². The van der Waals surface area contributed by atoms with Gasteiger partial charge in [0.2, 0.25) is 0 Å². The third-order valence-corrected chi connectivity index (χ3v) is 6.90. The second-order valence-corrected chi connectivity index (χ2v) is 10.7. The van der Waals surface area contributed by atoms with Crippen LogP contribution in [0.1, 0.15) is 0 Å². The van der Waals surface area contributed by atoms with Crippen molar-refractivity contribution in [2.24, 2.45) is 0 Å². The second-order valence-electron chi connectivity index (χ2n) is 8.32. The molecule has 0 atom stereocenters. The summed E-state index contributed by atoms with van der Waals surface area (Å²) in [5, 5.41) is 11.9. The van der Waals surface area contributed by atoms with Crippen molar-refractivity contribution in [2.45, 2.75) is 4.90 Å². The molecule has 0 saturated carbocycles. The van der Waals surface area contributed by atoms with E-state index in [1.54, 1.807) is 12.1 Å². The summed E-state index contributed by atoms with van der Waals surface area (Å²) in [6, 6.07) is 11.1. The van der Waals surface area contributed by atoms with Gasteiger partial charge in [-0.15, -0.1) is 16.8 Å². The van der Waals surface area contributed by atoms with E-state index in [0.717, 1.165) is 63.4 Å². The SMILES string of the molecule is CN(C)c1cccc2c(S(=O)(=O)[N-]CCN3CCNCCNCCNCC3)cccc12.[O-][Cl+3]([O-])([O-])[O-].[Zn+2]. The molecular formula is C22H35ClN6O6SZn. The summed E-state index contributed by atoms with van der Waals surface area (Å²) in [5.74, 6) is 0. The molecule has 1 heterocycles. The average Bonchev–Trinajstić information content (AvgIpc) is 2.78. The van der Waals surface area contributed by atoms with E-state index in [4.69, 9.17) is 18.6 Å². The van der Waals surface area contributed by atoms with Crippen LogP contribution in [0.5, 0.6) is 0 Å². The first-order valence-corrected chi connectivity index (χ1v) is 14.3. The number of hydrogen-bond donors (Lipinski definition) is 3. The Balaban J connectivity index is 0.00000104. The molecule has 15 heteroatoms. The van der Waals surface area contributed by atoms with Crippen LogP contribution in [0.4, 0.5) is 5.69 Å². The fraction of sp³-hybridized carbons (Fsp3) is 0.545. The molecule has 0 aliphatic carbocycles. The molecule has 1 aliphatic heterocycles. The minimum Gasteiger partial charge on any atom is -0.544 e. The number of nitrogens with zero attached hydrogens (tertiary/aromatic N) is 3. The molecule has 2 aromatic rings. The molecule has 0 amide bonds. The van der Waals surface area contributed by atoms with Gasteiger partial charge in [-0.1, -0.05) is 24.3 Å². The van der Waals surface area contributed by atoms with Crippen LogP contribution in [0.15, 0.2) is 41.3 Å². The van der Waals surface area contributed by atoms with Gasteiger partial charge in [-0.3, -0.25) is 0 Å². The molecule has 3 rings (SSSR count). The van der Waals surface area contributed by atoms with Crippen LogP contribution < -0.4 is 39.5 Å². The standard InChI is InChI=1S/C22H35N6O2S.ClHO4.Zn/c1-27(2)21-7-3-6-20-19(21)5-4-8-22(20)31(29,30)26-15-18-28-16-13-24-11-9-23-10-12-25-14-17-28;2-1(3,4)5;/h3-8,23-25H,9-18H2,1-2H3;(H,2,3,4,5);/q-1;;+2/p-1. The Morgan fingerprint density at radius 3 is 1.89 bits per heavy atom. The van der Waals surface area contributed by atoms with Crippen molar-refractivity contribution in [3.05, 3.63) is 41.1 Å². The first kappa shape index (κ1) is 34.0. The van der Waals surface area contributed by atoms with Crippen LogP contribution in [0.25, 0.3) is 15.5 Å². The smallest absolute Gasteiger partial charge is 0.544 e. The van der Waals surface area contributed by atoms with Gasteiger partial charge in [-0.2, -0.15) is 0 Å². The number of fused-ring (bicyclic) bond motifs is 1. The zero-order valence-electron chi connectivity index (χ0n) is 21.3. The van der Waals surface area contributed by atoms with Crippen molar-refractivity contribution in [3.63, 3.8) is 0 Å². The van der Waals surface area contributed by atoms with Gasteiger partial charge in [0.1, 0.15) is 10.0 Å². The van der Waals surface area contributed by atoms with Crippen molar-refractivity contribution >= 4 is 26.5 Å². The van der Waals surface area contributed by atoms with Crippen molar-refractivity contribution in [1.29, 1.82) is 0 Å². The molecule has 37 heavy (non-hydrogen) atoms. The molecule has 3 N–H and O–H groups in total. The Morgan fingerprint density at radius 1 is 0.865 bits per heavy atom. The zero-order chi connectivity index (χ0) is 26.6. The summed E-state index contributed by atoms with van der Waals surface area (Å²) in [6.07, 6.45) is 0. The van der Waals surface area contributed by atoms with Gasteiger partial charge in [0.05, 0.1) is 4.90 Å². The summed E-state index contributed by atoms with van der Waals surface area (Å²) in [6.45, 7) is 8.16. The Bertz CT molecular complexity index is 1030. The molecule has 1 aliphatic rings. The van der Waals surface area contributed by atoms with Crippen molar-refractivity contribution in [3.8, 4) is 0 Å². The topological polar surface area (TPSA) is 183 Å². The van der Waals surface area contributed by atoms with Gasteiger partial charge in [-0.25, -0.2) is 27.1 Å². The number of anilines is 1. The molecule has 0 aromatic heterocycles. The van der Waals surface area contributed by atoms with Crippen LogP contribution in [0.3, 0.4) is 0 Å². The number of nitrogens with one attached hydrogen (secondary N) is 3. The van der Waals surface area contributed by atoms with E-state index in [-0.39, 0.29) is 30.9 Å². The van der Waals surface area contributed by atoms with Gasteiger partial charge in [0.15, 0.2) is 0 Å². The number of benzene rings is 2. The summed E-state index contributed by atoms with van der Waals surface area (Å²) >= 11 is 0. The van der Waals surface area contributed by atoms with Crippen LogP contribution in [0.2, 0.25) is 0 Å². The van der Waals surface area contributed by atoms with Crippen molar-refractivity contribution in [2.75, 3.05) is 84.4 Å². The molecule has 0 bridgehead atoms. The molecule has 0 spiro atoms. The van der Waals surface area contributed by atoms with E-state index in [1.807, 2.05) is 43.3 Å². The predicted octanol–water partition coefficient (Wildman–Crippen LogP) is -3.71. The molecule has 204 valence electrons. The Morgan fingerprint density at radius 2 is 1.35 bits per heavy atom. The quantitative estimate of drug-likeness (QED) is 0.273.